The van der Waals surface area contributed by atoms with Crippen LogP contribution in [0.2, 0.25) is 0 Å². The van der Waals surface area contributed by atoms with Crippen LogP contribution in [0.15, 0.2) is 24.3 Å². The van der Waals surface area contributed by atoms with Crippen LogP contribution in [0.1, 0.15) is 30.1 Å². The summed E-state index contributed by atoms with van der Waals surface area (Å²) < 4.78 is 5.21. The van der Waals surface area contributed by atoms with Crippen molar-refractivity contribution in [2.24, 2.45) is 5.92 Å². The standard InChI is InChI=1S/C17H24N2O3/c1-13(20)15-7-3-4-8-16(15)18-17(21)11-19-9-5-6-14(10-19)12-22-2/h3-4,7-8,14H,5-6,9-12H2,1-2H3,(H,18,21). The molecule has 0 aliphatic carbocycles. The first-order valence-corrected chi connectivity index (χ1v) is 7.71. The predicted molar refractivity (Wildman–Crippen MR) is 86.1 cm³/mol. The number of nitrogens with one attached hydrogen (secondary N) is 1. The molecule has 0 spiro atoms. The maximum Gasteiger partial charge on any atom is 0.238 e. The molecule has 1 heterocycles. The van der Waals surface area contributed by atoms with Gasteiger partial charge in [-0.3, -0.25) is 14.5 Å². The molecule has 0 radical (unpaired) electrons. The highest BCUT2D eigenvalue weighted by molar-refractivity contribution is 6.04. The molecule has 22 heavy (non-hydrogen) atoms. The molecule has 1 fully saturated rings. The molecule has 120 valence electrons. The monoisotopic (exact) mass is 304 g/mol. The van der Waals surface area contributed by atoms with Gasteiger partial charge in [0.2, 0.25) is 5.91 Å². The molecule has 1 N–H and O–H groups in total. The number of rotatable bonds is 6. The number of nitrogens with zero attached hydrogens (tertiary/aromatic N) is 1. The molecular formula is C17H24N2O3. The molecule has 0 bridgehead atoms. The summed E-state index contributed by atoms with van der Waals surface area (Å²) in [7, 11) is 1.71. The molecule has 1 amide bonds. The molecule has 5 nitrogen and oxygen atoms in total. The van der Waals surface area contributed by atoms with Crippen molar-refractivity contribution in [3.63, 3.8) is 0 Å². The summed E-state index contributed by atoms with van der Waals surface area (Å²) in [4.78, 5) is 26.0. The maximum absolute atomic E-state index is 12.2. The van der Waals surface area contributed by atoms with Gasteiger partial charge in [-0.25, -0.2) is 0 Å². The number of ether oxygens (including phenoxy) is 1. The fraction of sp³-hybridized carbons (Fsp3) is 0.529. The first kappa shape index (κ1) is 16.6. The van der Waals surface area contributed by atoms with Gasteiger partial charge in [-0.2, -0.15) is 0 Å². The van der Waals surface area contributed by atoms with Gasteiger partial charge in [-0.05, 0) is 44.4 Å². The number of ketones is 1. The Kier molecular flexibility index (Phi) is 6.10. The van der Waals surface area contributed by atoms with Gasteiger partial charge in [-0.15, -0.1) is 0 Å². The largest absolute Gasteiger partial charge is 0.384 e. The molecule has 1 aromatic carbocycles. The minimum atomic E-state index is -0.0771. The number of anilines is 1. The summed E-state index contributed by atoms with van der Waals surface area (Å²) in [6.07, 6.45) is 2.24. The molecule has 5 heteroatoms. The highest BCUT2D eigenvalue weighted by atomic mass is 16.5. The van der Waals surface area contributed by atoms with E-state index >= 15 is 0 Å². The molecule has 1 aliphatic heterocycles. The van der Waals surface area contributed by atoms with Crippen LogP contribution in [-0.4, -0.2) is 49.9 Å². The number of hydrogen-bond acceptors (Lipinski definition) is 4. The molecule has 1 aromatic rings. The average Bonchev–Trinajstić information content (AvgIpc) is 2.48. The molecule has 1 saturated heterocycles. The number of amides is 1. The highest BCUT2D eigenvalue weighted by Gasteiger charge is 2.21. The Labute approximate surface area is 131 Å². The molecular weight excluding hydrogens is 280 g/mol. The Hall–Kier alpha value is -1.72. The second-order valence-electron chi connectivity index (χ2n) is 5.85. The van der Waals surface area contributed by atoms with Crippen LogP contribution in [0, 0.1) is 5.92 Å². The maximum atomic E-state index is 12.2. The van der Waals surface area contributed by atoms with E-state index in [9.17, 15) is 9.59 Å². The second kappa shape index (κ2) is 8.06. The number of carbonyl (C=O) groups excluding carboxylic acids is 2. The summed E-state index contributed by atoms with van der Waals surface area (Å²) >= 11 is 0. The quantitative estimate of drug-likeness (QED) is 0.819. The first-order chi connectivity index (χ1) is 10.6. The van der Waals surface area contributed by atoms with Gasteiger partial charge >= 0.3 is 0 Å². The summed E-state index contributed by atoms with van der Waals surface area (Å²) in [5, 5.41) is 2.85. The highest BCUT2D eigenvalue weighted by Crippen LogP contribution is 2.18. The van der Waals surface area contributed by atoms with Crippen molar-refractivity contribution >= 4 is 17.4 Å². The van der Waals surface area contributed by atoms with Gasteiger partial charge in [0.15, 0.2) is 5.78 Å². The second-order valence-corrected chi connectivity index (χ2v) is 5.85. The lowest BCUT2D eigenvalue weighted by molar-refractivity contribution is -0.117. The summed E-state index contributed by atoms with van der Waals surface area (Å²) in [6.45, 7) is 4.42. The van der Waals surface area contributed by atoms with Gasteiger partial charge < -0.3 is 10.1 Å². The lowest BCUT2D eigenvalue weighted by Gasteiger charge is -2.31. The number of carbonyl (C=O) groups is 2. The first-order valence-electron chi connectivity index (χ1n) is 7.71. The van der Waals surface area contributed by atoms with Crippen molar-refractivity contribution in [2.45, 2.75) is 19.8 Å². The van der Waals surface area contributed by atoms with Crippen molar-refractivity contribution in [1.29, 1.82) is 0 Å². The molecule has 1 unspecified atom stereocenters. The van der Waals surface area contributed by atoms with Crippen LogP contribution in [0.3, 0.4) is 0 Å². The van der Waals surface area contributed by atoms with Crippen LogP contribution in [0.25, 0.3) is 0 Å². The van der Waals surface area contributed by atoms with Gasteiger partial charge in [-0.1, -0.05) is 12.1 Å². The van der Waals surface area contributed by atoms with E-state index in [4.69, 9.17) is 4.74 Å². The fourth-order valence-corrected chi connectivity index (χ4v) is 2.96. The van der Waals surface area contributed by atoms with Crippen molar-refractivity contribution < 1.29 is 14.3 Å². The molecule has 1 aliphatic rings. The van der Waals surface area contributed by atoms with Crippen LogP contribution in [0.5, 0.6) is 0 Å². The number of methoxy groups -OCH3 is 1. The zero-order valence-electron chi connectivity index (χ0n) is 13.3. The van der Waals surface area contributed by atoms with Gasteiger partial charge in [0, 0.05) is 19.2 Å². The molecule has 2 rings (SSSR count). The Morgan fingerprint density at radius 1 is 1.36 bits per heavy atom. The number of hydrogen-bond donors (Lipinski definition) is 1. The van der Waals surface area contributed by atoms with E-state index < -0.39 is 0 Å². The number of Topliss-reactive ketones (excluding diaryl/α,β-unsaturated/α-hetero) is 1. The van der Waals surface area contributed by atoms with Gasteiger partial charge in [0.05, 0.1) is 18.8 Å². The number of benzene rings is 1. The zero-order chi connectivity index (χ0) is 15.9. The fourth-order valence-electron chi connectivity index (χ4n) is 2.96. The van der Waals surface area contributed by atoms with E-state index in [1.54, 1.807) is 25.3 Å². The lowest BCUT2D eigenvalue weighted by atomic mass is 9.99. The predicted octanol–water partition coefficient (Wildman–Crippen LogP) is 2.19. The Morgan fingerprint density at radius 2 is 2.14 bits per heavy atom. The van der Waals surface area contributed by atoms with Crippen molar-refractivity contribution in [1.82, 2.24) is 4.90 Å². The van der Waals surface area contributed by atoms with E-state index in [-0.39, 0.29) is 11.7 Å². The van der Waals surface area contributed by atoms with Gasteiger partial charge in [0.1, 0.15) is 0 Å². The van der Waals surface area contributed by atoms with E-state index in [2.05, 4.69) is 10.2 Å². The minimum Gasteiger partial charge on any atom is -0.384 e. The zero-order valence-corrected chi connectivity index (χ0v) is 13.3. The Morgan fingerprint density at radius 3 is 2.86 bits per heavy atom. The van der Waals surface area contributed by atoms with Crippen LogP contribution >= 0.6 is 0 Å². The minimum absolute atomic E-state index is 0.0472. The third-order valence-corrected chi connectivity index (χ3v) is 3.95. The summed E-state index contributed by atoms with van der Waals surface area (Å²) in [6, 6.07) is 7.11. The third-order valence-electron chi connectivity index (χ3n) is 3.95. The number of para-hydroxylation sites is 1. The van der Waals surface area contributed by atoms with E-state index in [0.29, 0.717) is 23.7 Å². The number of piperidine rings is 1. The van der Waals surface area contributed by atoms with E-state index in [0.717, 1.165) is 32.5 Å². The smallest absolute Gasteiger partial charge is 0.238 e. The molecule has 0 aromatic heterocycles. The Balaban J connectivity index is 1.92. The van der Waals surface area contributed by atoms with Crippen molar-refractivity contribution in [2.75, 3.05) is 38.7 Å². The lowest BCUT2D eigenvalue weighted by Crippen LogP contribution is -2.41. The van der Waals surface area contributed by atoms with Crippen LogP contribution in [-0.2, 0) is 9.53 Å². The summed E-state index contributed by atoms with van der Waals surface area (Å²) in [5.41, 5.74) is 1.14. The van der Waals surface area contributed by atoms with E-state index in [1.165, 1.54) is 6.92 Å². The van der Waals surface area contributed by atoms with Crippen molar-refractivity contribution in [3.05, 3.63) is 29.8 Å². The Bertz CT molecular complexity index is 528. The number of likely N-dealkylation sites (tertiary alicyclic amines) is 1. The summed E-state index contributed by atoms with van der Waals surface area (Å²) in [5.74, 6) is 0.372. The molecule has 0 saturated carbocycles. The SMILES string of the molecule is COCC1CCCN(CC(=O)Nc2ccccc2C(C)=O)C1. The average molecular weight is 304 g/mol. The van der Waals surface area contributed by atoms with Crippen LogP contribution < -0.4 is 5.32 Å². The van der Waals surface area contributed by atoms with E-state index in [1.807, 2.05) is 6.07 Å². The topological polar surface area (TPSA) is 58.6 Å². The van der Waals surface area contributed by atoms with Crippen molar-refractivity contribution in [3.8, 4) is 0 Å². The third kappa shape index (κ3) is 4.64. The van der Waals surface area contributed by atoms with Gasteiger partial charge in [0.25, 0.3) is 0 Å². The molecule has 1 atom stereocenters. The normalized spacial score (nSPS) is 18.9. The van der Waals surface area contributed by atoms with Crippen LogP contribution in [0.4, 0.5) is 5.69 Å².